The summed E-state index contributed by atoms with van der Waals surface area (Å²) in [4.78, 5) is 0. The lowest BCUT2D eigenvalue weighted by Crippen LogP contribution is -2.25. The summed E-state index contributed by atoms with van der Waals surface area (Å²) in [5.74, 6) is 0.164. The highest BCUT2D eigenvalue weighted by atomic mass is 19.4. The van der Waals surface area contributed by atoms with Gasteiger partial charge in [-0.1, -0.05) is 38.7 Å². The summed E-state index contributed by atoms with van der Waals surface area (Å²) in [5.41, 5.74) is 0.153. The summed E-state index contributed by atoms with van der Waals surface area (Å²) in [6.45, 7) is 2.25. The molecule has 0 aromatic heterocycles. The highest BCUT2D eigenvalue weighted by Crippen LogP contribution is 2.44. The van der Waals surface area contributed by atoms with Crippen molar-refractivity contribution in [2.45, 2.75) is 83.2 Å². The molecule has 0 N–H and O–H groups in total. The molecule has 2 saturated carbocycles. The van der Waals surface area contributed by atoms with E-state index in [1.165, 1.54) is 44.6 Å². The summed E-state index contributed by atoms with van der Waals surface area (Å²) in [7, 11) is 0. The molecule has 0 amide bonds. The fourth-order valence-electron chi connectivity index (χ4n) is 5.48. The molecule has 1 aromatic rings. The van der Waals surface area contributed by atoms with Gasteiger partial charge in [0.15, 0.2) is 0 Å². The quantitative estimate of drug-likeness (QED) is 0.423. The maximum atomic E-state index is 14.2. The predicted octanol–water partition coefficient (Wildman–Crippen LogP) is 8.58. The zero-order valence-electron chi connectivity index (χ0n) is 17.1. The Morgan fingerprint density at radius 1 is 0.966 bits per heavy atom. The van der Waals surface area contributed by atoms with Crippen LogP contribution in [0.15, 0.2) is 24.3 Å². The number of alkyl halides is 3. The smallest absolute Gasteiger partial charge is 0.206 e. The van der Waals surface area contributed by atoms with E-state index in [1.807, 2.05) is 0 Å². The standard InChI is InChI=1S/C24H31F5/c1-2-3-16-4-6-17(7-5-16)18-8-10-19(11-9-18)20-12-13-21(22(25)14-20)23(26)15-24(27,28)29/h12-19H,2-11H2,1H3/b23-15-. The normalized spacial score (nSPS) is 29.1. The molecule has 0 aliphatic heterocycles. The minimum atomic E-state index is -4.80. The first-order valence-electron chi connectivity index (χ1n) is 11.0. The van der Waals surface area contributed by atoms with Gasteiger partial charge in [-0.3, -0.25) is 0 Å². The molecule has 0 bridgehead atoms. The largest absolute Gasteiger partial charge is 0.412 e. The van der Waals surface area contributed by atoms with Gasteiger partial charge in [0.25, 0.3) is 0 Å². The third-order valence-electron chi connectivity index (χ3n) is 7.04. The Hall–Kier alpha value is -1.39. The van der Waals surface area contributed by atoms with Crippen LogP contribution in [0.4, 0.5) is 22.0 Å². The monoisotopic (exact) mass is 414 g/mol. The number of allylic oxidation sites excluding steroid dienone is 1. The van der Waals surface area contributed by atoms with Gasteiger partial charge in [0.1, 0.15) is 11.6 Å². The zero-order chi connectivity index (χ0) is 21.0. The van der Waals surface area contributed by atoms with Crippen molar-refractivity contribution >= 4 is 5.83 Å². The van der Waals surface area contributed by atoms with E-state index in [-0.39, 0.29) is 5.92 Å². The first kappa shape index (κ1) is 22.3. The maximum absolute atomic E-state index is 14.2. The molecule has 3 rings (SSSR count). The van der Waals surface area contributed by atoms with Crippen LogP contribution in [-0.2, 0) is 0 Å². The van der Waals surface area contributed by atoms with Crippen molar-refractivity contribution in [1.29, 1.82) is 0 Å². The average molecular weight is 415 g/mol. The van der Waals surface area contributed by atoms with Gasteiger partial charge in [-0.05, 0) is 79.9 Å². The molecule has 0 heterocycles. The van der Waals surface area contributed by atoms with Crippen molar-refractivity contribution in [3.8, 4) is 0 Å². The van der Waals surface area contributed by atoms with Crippen molar-refractivity contribution in [2.75, 3.05) is 0 Å². The molecule has 2 fully saturated rings. The summed E-state index contributed by atoms with van der Waals surface area (Å²) < 4.78 is 64.9. The molecule has 5 heteroatoms. The topological polar surface area (TPSA) is 0 Å². The first-order chi connectivity index (χ1) is 13.8. The lowest BCUT2D eigenvalue weighted by molar-refractivity contribution is -0.0798. The highest BCUT2D eigenvalue weighted by molar-refractivity contribution is 5.60. The average Bonchev–Trinajstić information content (AvgIpc) is 2.67. The van der Waals surface area contributed by atoms with Gasteiger partial charge in [0.2, 0.25) is 0 Å². The molecule has 0 unspecified atom stereocenters. The second-order valence-corrected chi connectivity index (χ2v) is 8.95. The number of halogens is 5. The van der Waals surface area contributed by atoms with Gasteiger partial charge >= 0.3 is 6.18 Å². The van der Waals surface area contributed by atoms with E-state index >= 15 is 0 Å². The van der Waals surface area contributed by atoms with Crippen LogP contribution in [0.3, 0.4) is 0 Å². The van der Waals surface area contributed by atoms with Crippen LogP contribution in [-0.4, -0.2) is 6.18 Å². The van der Waals surface area contributed by atoms with Crippen molar-refractivity contribution in [3.63, 3.8) is 0 Å². The molecule has 0 atom stereocenters. The van der Waals surface area contributed by atoms with Gasteiger partial charge in [-0.15, -0.1) is 0 Å². The Balaban J connectivity index is 1.56. The molecule has 2 aliphatic rings. The second kappa shape index (κ2) is 9.61. The highest BCUT2D eigenvalue weighted by Gasteiger charge is 2.31. The third-order valence-corrected chi connectivity index (χ3v) is 7.04. The van der Waals surface area contributed by atoms with E-state index in [9.17, 15) is 22.0 Å². The molecule has 0 spiro atoms. The maximum Gasteiger partial charge on any atom is 0.412 e. The van der Waals surface area contributed by atoms with Crippen molar-refractivity contribution in [3.05, 3.63) is 41.2 Å². The summed E-state index contributed by atoms with van der Waals surface area (Å²) in [6, 6.07) is 3.95. The fraction of sp³-hybridized carbons (Fsp3) is 0.667. The molecule has 162 valence electrons. The number of hydrogen-bond acceptors (Lipinski definition) is 0. The van der Waals surface area contributed by atoms with Gasteiger partial charge in [0, 0.05) is 5.56 Å². The molecule has 0 nitrogen and oxygen atoms in total. The van der Waals surface area contributed by atoms with Crippen LogP contribution >= 0.6 is 0 Å². The molecule has 1 aromatic carbocycles. The molecule has 0 saturated heterocycles. The third kappa shape index (κ3) is 6.05. The van der Waals surface area contributed by atoms with E-state index in [4.69, 9.17) is 0 Å². The van der Waals surface area contributed by atoms with E-state index in [1.54, 1.807) is 6.07 Å². The summed E-state index contributed by atoms with van der Waals surface area (Å²) in [5, 5.41) is 0. The molecule has 29 heavy (non-hydrogen) atoms. The number of hydrogen-bond donors (Lipinski definition) is 0. The van der Waals surface area contributed by atoms with E-state index in [2.05, 4.69) is 6.92 Å². The van der Waals surface area contributed by atoms with Gasteiger partial charge in [-0.25, -0.2) is 8.78 Å². The first-order valence-corrected chi connectivity index (χ1v) is 11.0. The van der Waals surface area contributed by atoms with Crippen LogP contribution in [0.2, 0.25) is 0 Å². The van der Waals surface area contributed by atoms with Crippen LogP contribution in [0.1, 0.15) is 88.2 Å². The zero-order valence-corrected chi connectivity index (χ0v) is 17.1. The number of rotatable bonds is 5. The summed E-state index contributed by atoms with van der Waals surface area (Å²) in [6.07, 6.45) is 6.87. The van der Waals surface area contributed by atoms with Crippen molar-refractivity contribution in [2.24, 2.45) is 17.8 Å². The minimum absolute atomic E-state index is 0.209. The van der Waals surface area contributed by atoms with Gasteiger partial charge in [-0.2, -0.15) is 13.2 Å². The Morgan fingerprint density at radius 2 is 1.55 bits per heavy atom. The minimum Gasteiger partial charge on any atom is -0.206 e. The summed E-state index contributed by atoms with van der Waals surface area (Å²) >= 11 is 0. The van der Waals surface area contributed by atoms with Gasteiger partial charge < -0.3 is 0 Å². The molecular formula is C24H31F5. The SMILES string of the molecule is CCCC1CCC(C2CCC(c3ccc(/C(F)=C/C(F)(F)F)c(F)c3)CC2)CC1. The molecular weight excluding hydrogens is 383 g/mol. The fourth-order valence-corrected chi connectivity index (χ4v) is 5.48. The molecule has 2 aliphatic carbocycles. The van der Waals surface area contributed by atoms with Crippen molar-refractivity contribution in [1.82, 2.24) is 0 Å². The Morgan fingerprint density at radius 3 is 2.07 bits per heavy atom. The van der Waals surface area contributed by atoms with Crippen LogP contribution in [0.25, 0.3) is 5.83 Å². The van der Waals surface area contributed by atoms with Gasteiger partial charge in [0.05, 0.1) is 6.08 Å². The van der Waals surface area contributed by atoms with E-state index in [0.717, 1.165) is 55.1 Å². The van der Waals surface area contributed by atoms with E-state index in [0.29, 0.717) is 0 Å². The van der Waals surface area contributed by atoms with Crippen LogP contribution < -0.4 is 0 Å². The van der Waals surface area contributed by atoms with E-state index < -0.39 is 29.5 Å². The van der Waals surface area contributed by atoms with Crippen LogP contribution in [0, 0.1) is 23.6 Å². The van der Waals surface area contributed by atoms with Crippen LogP contribution in [0.5, 0.6) is 0 Å². The predicted molar refractivity (Wildman–Crippen MR) is 107 cm³/mol. The second-order valence-electron chi connectivity index (χ2n) is 8.95. The Labute approximate surface area is 170 Å². The number of benzene rings is 1. The lowest BCUT2D eigenvalue weighted by atomic mass is 9.68. The Kier molecular flexibility index (Phi) is 7.39. The van der Waals surface area contributed by atoms with Crippen molar-refractivity contribution < 1.29 is 22.0 Å². The lowest BCUT2D eigenvalue weighted by Gasteiger charge is -2.38. The Bertz CT molecular complexity index is 690. The molecule has 0 radical (unpaired) electrons.